The lowest BCUT2D eigenvalue weighted by Crippen LogP contribution is -2.24. The molecule has 0 aliphatic heterocycles. The van der Waals surface area contributed by atoms with Gasteiger partial charge in [0.1, 0.15) is 11.4 Å². The second-order valence-corrected chi connectivity index (χ2v) is 7.51. The third-order valence-electron chi connectivity index (χ3n) is 2.17. The van der Waals surface area contributed by atoms with Crippen LogP contribution in [0.1, 0.15) is 10.4 Å². The van der Waals surface area contributed by atoms with Gasteiger partial charge in [0.15, 0.2) is 0 Å². The Kier molecular flexibility index (Phi) is 8.07. The molecule has 0 saturated heterocycles. The van der Waals surface area contributed by atoms with Gasteiger partial charge in [-0.15, -0.1) is 0 Å². The van der Waals surface area contributed by atoms with E-state index in [0.29, 0.717) is 6.61 Å². The summed E-state index contributed by atoms with van der Waals surface area (Å²) in [6, 6.07) is 9.75. The molecule has 3 atom stereocenters. The molecular weight excluding hydrogens is 496 g/mol. The summed E-state index contributed by atoms with van der Waals surface area (Å²) in [5.41, 5.74) is 1.03. The lowest BCUT2D eigenvalue weighted by atomic mass is 10.1. The first kappa shape index (κ1) is 16.7. The van der Waals surface area contributed by atoms with Crippen molar-refractivity contribution >= 4 is 69.7 Å². The van der Waals surface area contributed by atoms with E-state index in [1.165, 1.54) is 0 Å². The highest BCUT2D eigenvalue weighted by molar-refractivity contribution is 9.12. The van der Waals surface area contributed by atoms with Gasteiger partial charge in [-0.05, 0) is 5.56 Å². The molecule has 0 fully saturated rings. The Hall–Kier alpha value is 0.610. The van der Waals surface area contributed by atoms with Crippen LogP contribution in [-0.4, -0.2) is 27.6 Å². The molecule has 2 nitrogen and oxygen atoms in total. The summed E-state index contributed by atoms with van der Waals surface area (Å²) in [6.07, 6.45) is 0. The number of benzene rings is 1. The maximum absolute atomic E-state index is 11.8. The van der Waals surface area contributed by atoms with E-state index in [0.717, 1.165) is 10.9 Å². The number of carbonyl (C=O) groups is 1. The fraction of sp³-hybridized carbons (Fsp3) is 0.417. The number of hydrogen-bond acceptors (Lipinski definition) is 2. The van der Waals surface area contributed by atoms with Crippen LogP contribution in [0.2, 0.25) is 0 Å². The fourth-order valence-electron chi connectivity index (χ4n) is 1.22. The predicted octanol–water partition coefficient (Wildman–Crippen LogP) is 4.59. The minimum atomic E-state index is -0.407. The molecule has 18 heavy (non-hydrogen) atoms. The van der Waals surface area contributed by atoms with Crippen molar-refractivity contribution in [1.82, 2.24) is 0 Å². The van der Waals surface area contributed by atoms with E-state index in [2.05, 4.69) is 63.7 Å². The summed E-state index contributed by atoms with van der Waals surface area (Å²) in [5.74, 6) is -0.272. The van der Waals surface area contributed by atoms with Crippen LogP contribution >= 0.6 is 63.7 Å². The monoisotopic (exact) mass is 504 g/mol. The van der Waals surface area contributed by atoms with E-state index in [1.54, 1.807) is 0 Å². The molecule has 1 aromatic carbocycles. The van der Waals surface area contributed by atoms with E-state index in [9.17, 15) is 4.79 Å². The Morgan fingerprint density at radius 2 is 1.78 bits per heavy atom. The first-order chi connectivity index (χ1) is 8.56. The van der Waals surface area contributed by atoms with Crippen LogP contribution in [0, 0.1) is 0 Å². The SMILES string of the molecule is O=C(OCC(Br)CBr)[C@@H](Br)[C@@H](Br)c1ccccc1. The summed E-state index contributed by atoms with van der Waals surface area (Å²) in [5, 5.41) is 0.740. The summed E-state index contributed by atoms with van der Waals surface area (Å²) >= 11 is 13.6. The molecule has 100 valence electrons. The number of rotatable bonds is 6. The van der Waals surface area contributed by atoms with Crippen LogP contribution in [0.15, 0.2) is 30.3 Å². The number of alkyl halides is 4. The zero-order valence-corrected chi connectivity index (χ0v) is 15.7. The van der Waals surface area contributed by atoms with Gasteiger partial charge in [0.25, 0.3) is 0 Å². The largest absolute Gasteiger partial charge is 0.464 e. The highest BCUT2D eigenvalue weighted by atomic mass is 79.9. The Balaban J connectivity index is 2.53. The molecule has 0 bridgehead atoms. The van der Waals surface area contributed by atoms with E-state index in [-0.39, 0.29) is 15.6 Å². The minimum Gasteiger partial charge on any atom is -0.464 e. The smallest absolute Gasteiger partial charge is 0.321 e. The number of esters is 1. The summed E-state index contributed by atoms with van der Waals surface area (Å²) in [4.78, 5) is 11.5. The molecule has 0 aliphatic carbocycles. The zero-order valence-electron chi connectivity index (χ0n) is 9.36. The average molecular weight is 508 g/mol. The van der Waals surface area contributed by atoms with Gasteiger partial charge in [0.05, 0.1) is 9.65 Å². The standard InChI is InChI=1S/C12H12Br4O2/c13-6-9(14)7-18-12(17)11(16)10(15)8-4-2-1-3-5-8/h1-5,9-11H,6-7H2/t9?,10-,11-/m0/s1. The number of hydrogen-bond donors (Lipinski definition) is 0. The molecule has 1 unspecified atom stereocenters. The van der Waals surface area contributed by atoms with Crippen LogP contribution < -0.4 is 0 Å². The maximum atomic E-state index is 11.8. The molecule has 0 radical (unpaired) electrons. The topological polar surface area (TPSA) is 26.3 Å². The van der Waals surface area contributed by atoms with Gasteiger partial charge in [-0.25, -0.2) is 0 Å². The van der Waals surface area contributed by atoms with Gasteiger partial charge in [-0.1, -0.05) is 94.1 Å². The zero-order chi connectivity index (χ0) is 13.5. The third-order valence-corrected chi connectivity index (χ3v) is 7.08. The second kappa shape index (κ2) is 8.72. The summed E-state index contributed by atoms with van der Waals surface area (Å²) in [7, 11) is 0. The third kappa shape index (κ3) is 5.31. The van der Waals surface area contributed by atoms with Crippen molar-refractivity contribution in [2.24, 2.45) is 0 Å². The molecular formula is C12H12Br4O2. The summed E-state index contributed by atoms with van der Waals surface area (Å²) < 4.78 is 5.21. The van der Waals surface area contributed by atoms with Gasteiger partial charge >= 0.3 is 5.97 Å². The summed E-state index contributed by atoms with van der Waals surface area (Å²) in [6.45, 7) is 0.348. The molecule has 0 aliphatic rings. The van der Waals surface area contributed by atoms with Gasteiger partial charge in [0, 0.05) is 5.33 Å². The van der Waals surface area contributed by atoms with Crippen molar-refractivity contribution in [2.45, 2.75) is 14.5 Å². The molecule has 6 heteroatoms. The van der Waals surface area contributed by atoms with Gasteiger partial charge in [-0.3, -0.25) is 4.79 Å². The van der Waals surface area contributed by atoms with E-state index in [1.807, 2.05) is 30.3 Å². The van der Waals surface area contributed by atoms with Crippen LogP contribution in [0.25, 0.3) is 0 Å². The first-order valence-electron chi connectivity index (χ1n) is 5.26. The van der Waals surface area contributed by atoms with Crippen molar-refractivity contribution in [1.29, 1.82) is 0 Å². The predicted molar refractivity (Wildman–Crippen MR) is 88.3 cm³/mol. The number of halogens is 4. The molecule has 0 saturated carbocycles. The fourth-order valence-corrected chi connectivity index (χ4v) is 2.50. The van der Waals surface area contributed by atoms with Gasteiger partial charge in [-0.2, -0.15) is 0 Å². The highest BCUT2D eigenvalue weighted by Crippen LogP contribution is 2.31. The molecule has 1 rings (SSSR count). The van der Waals surface area contributed by atoms with Crippen molar-refractivity contribution in [3.63, 3.8) is 0 Å². The molecule has 0 N–H and O–H groups in total. The highest BCUT2D eigenvalue weighted by Gasteiger charge is 2.26. The first-order valence-corrected chi connectivity index (χ1v) is 9.13. The maximum Gasteiger partial charge on any atom is 0.321 e. The van der Waals surface area contributed by atoms with E-state index >= 15 is 0 Å². The van der Waals surface area contributed by atoms with Gasteiger partial charge < -0.3 is 4.74 Å². The Bertz CT molecular complexity index is 372. The van der Waals surface area contributed by atoms with Crippen LogP contribution in [0.5, 0.6) is 0 Å². The molecule has 0 amide bonds. The van der Waals surface area contributed by atoms with Crippen LogP contribution in [0.3, 0.4) is 0 Å². The van der Waals surface area contributed by atoms with Crippen molar-refractivity contribution in [2.75, 3.05) is 11.9 Å². The Morgan fingerprint density at radius 1 is 1.17 bits per heavy atom. The average Bonchev–Trinajstić information content (AvgIpc) is 2.43. The van der Waals surface area contributed by atoms with Crippen LogP contribution in [0.4, 0.5) is 0 Å². The molecule has 0 aromatic heterocycles. The second-order valence-electron chi connectivity index (χ2n) is 3.60. The van der Waals surface area contributed by atoms with Crippen molar-refractivity contribution < 1.29 is 9.53 Å². The molecule has 1 aromatic rings. The number of ether oxygens (including phenoxy) is 1. The van der Waals surface area contributed by atoms with Crippen LogP contribution in [-0.2, 0) is 9.53 Å². The van der Waals surface area contributed by atoms with E-state index < -0.39 is 4.83 Å². The molecule has 0 spiro atoms. The number of carbonyl (C=O) groups excluding carboxylic acids is 1. The minimum absolute atomic E-state index is 0.107. The Morgan fingerprint density at radius 3 is 2.33 bits per heavy atom. The Labute approximate surface area is 140 Å². The normalized spacial score (nSPS) is 15.8. The quantitative estimate of drug-likeness (QED) is 0.416. The van der Waals surface area contributed by atoms with E-state index in [4.69, 9.17) is 4.74 Å². The lowest BCUT2D eigenvalue weighted by Gasteiger charge is -2.17. The van der Waals surface area contributed by atoms with Crippen molar-refractivity contribution in [3.05, 3.63) is 35.9 Å². The molecule has 0 heterocycles. The lowest BCUT2D eigenvalue weighted by molar-refractivity contribution is -0.142. The van der Waals surface area contributed by atoms with Gasteiger partial charge in [0.2, 0.25) is 0 Å². The van der Waals surface area contributed by atoms with Crippen molar-refractivity contribution in [3.8, 4) is 0 Å².